The number of nitrogens with one attached hydrogen (secondary N) is 1. The van der Waals surface area contributed by atoms with Gasteiger partial charge in [-0.25, -0.2) is 0 Å². The molecular weight excluding hydrogens is 304 g/mol. The quantitative estimate of drug-likeness (QED) is 0.658. The second-order valence-corrected chi connectivity index (χ2v) is 5.34. The number of fused-ring (bicyclic) bond motifs is 1. The molecule has 1 heterocycles. The number of carbonyl (C=O) groups is 2. The number of carboxylic acids is 1. The molecular formula is C15H20N2O6. The Kier molecular flexibility index (Phi) is 5.28. The van der Waals surface area contributed by atoms with Crippen LogP contribution in [0.2, 0.25) is 0 Å². The van der Waals surface area contributed by atoms with Gasteiger partial charge in [0, 0.05) is 17.7 Å². The first kappa shape index (κ1) is 16.9. The van der Waals surface area contributed by atoms with Crippen LogP contribution < -0.4 is 25.3 Å². The first-order valence-electron chi connectivity index (χ1n) is 7.15. The summed E-state index contributed by atoms with van der Waals surface area (Å²) in [5.74, 6) is 0.259. The van der Waals surface area contributed by atoms with E-state index in [0.29, 0.717) is 23.7 Å². The first-order chi connectivity index (χ1) is 10.9. The number of methoxy groups -OCH3 is 1. The van der Waals surface area contributed by atoms with Gasteiger partial charge in [-0.15, -0.1) is 0 Å². The van der Waals surface area contributed by atoms with Crippen LogP contribution >= 0.6 is 0 Å². The van der Waals surface area contributed by atoms with Gasteiger partial charge in [-0.05, 0) is 19.4 Å². The number of nitrogens with two attached hydrogens (primary N) is 1. The summed E-state index contributed by atoms with van der Waals surface area (Å²) in [6.45, 7) is 1.97. The van der Waals surface area contributed by atoms with E-state index in [0.717, 1.165) is 5.56 Å². The number of amides is 1. The van der Waals surface area contributed by atoms with Crippen LogP contribution in [0.15, 0.2) is 12.1 Å². The maximum atomic E-state index is 11.8. The third kappa shape index (κ3) is 4.26. The molecule has 0 saturated carbocycles. The number of ether oxygens (including phenoxy) is 3. The summed E-state index contributed by atoms with van der Waals surface area (Å²) in [5.41, 5.74) is 6.38. The highest BCUT2D eigenvalue weighted by Gasteiger charge is 2.22. The number of aliphatic carboxylic acids is 1. The van der Waals surface area contributed by atoms with E-state index in [4.69, 9.17) is 25.1 Å². The Morgan fingerprint density at radius 2 is 2.04 bits per heavy atom. The smallest absolute Gasteiger partial charge is 0.305 e. The van der Waals surface area contributed by atoms with Crippen LogP contribution in [-0.4, -0.2) is 43.0 Å². The average Bonchev–Trinajstić information content (AvgIpc) is 2.92. The van der Waals surface area contributed by atoms with E-state index < -0.39 is 24.3 Å². The SMILES string of the molecule is COc1cc2c(cc1CC(C)NC(=O)C(N)CC(=O)O)OCO2. The second-order valence-electron chi connectivity index (χ2n) is 5.34. The fourth-order valence-corrected chi connectivity index (χ4v) is 2.33. The molecule has 1 aromatic carbocycles. The van der Waals surface area contributed by atoms with Gasteiger partial charge in [-0.3, -0.25) is 9.59 Å². The van der Waals surface area contributed by atoms with Crippen LogP contribution in [0.4, 0.5) is 0 Å². The minimum absolute atomic E-state index is 0.165. The summed E-state index contributed by atoms with van der Waals surface area (Å²) in [7, 11) is 1.55. The average molecular weight is 324 g/mol. The van der Waals surface area contributed by atoms with Gasteiger partial charge in [0.2, 0.25) is 12.7 Å². The van der Waals surface area contributed by atoms with Gasteiger partial charge in [0.1, 0.15) is 5.75 Å². The molecule has 0 bridgehead atoms. The van der Waals surface area contributed by atoms with Crippen LogP contribution in [-0.2, 0) is 16.0 Å². The molecule has 0 radical (unpaired) electrons. The summed E-state index contributed by atoms with van der Waals surface area (Å²) in [6.07, 6.45) is 0.0667. The van der Waals surface area contributed by atoms with E-state index >= 15 is 0 Å². The van der Waals surface area contributed by atoms with Crippen LogP contribution in [0.3, 0.4) is 0 Å². The molecule has 8 nitrogen and oxygen atoms in total. The molecule has 1 aliphatic heterocycles. The lowest BCUT2D eigenvalue weighted by Gasteiger charge is -2.18. The van der Waals surface area contributed by atoms with Crippen molar-refractivity contribution in [1.29, 1.82) is 0 Å². The van der Waals surface area contributed by atoms with Crippen LogP contribution in [0, 0.1) is 0 Å². The zero-order valence-corrected chi connectivity index (χ0v) is 13.0. The lowest BCUT2D eigenvalue weighted by molar-refractivity contribution is -0.139. The molecule has 0 saturated heterocycles. The van der Waals surface area contributed by atoms with Gasteiger partial charge >= 0.3 is 5.97 Å². The highest BCUT2D eigenvalue weighted by molar-refractivity contribution is 5.86. The molecule has 23 heavy (non-hydrogen) atoms. The number of carbonyl (C=O) groups excluding carboxylic acids is 1. The van der Waals surface area contributed by atoms with Crippen molar-refractivity contribution in [3.8, 4) is 17.2 Å². The molecule has 1 aliphatic rings. The third-order valence-electron chi connectivity index (χ3n) is 3.42. The van der Waals surface area contributed by atoms with Gasteiger partial charge in [-0.2, -0.15) is 0 Å². The minimum Gasteiger partial charge on any atom is -0.496 e. The largest absolute Gasteiger partial charge is 0.496 e. The van der Waals surface area contributed by atoms with Crippen molar-refractivity contribution >= 4 is 11.9 Å². The highest BCUT2D eigenvalue weighted by Crippen LogP contribution is 2.38. The van der Waals surface area contributed by atoms with Crippen molar-refractivity contribution in [1.82, 2.24) is 5.32 Å². The summed E-state index contributed by atoms with van der Waals surface area (Å²) in [6, 6.07) is 2.22. The predicted octanol–water partition coefficient (Wildman–Crippen LogP) is 0.273. The molecule has 1 aromatic rings. The van der Waals surface area contributed by atoms with E-state index in [1.807, 2.05) is 0 Å². The fourth-order valence-electron chi connectivity index (χ4n) is 2.33. The second kappa shape index (κ2) is 7.19. The molecule has 8 heteroatoms. The van der Waals surface area contributed by atoms with Crippen molar-refractivity contribution < 1.29 is 28.9 Å². The number of benzene rings is 1. The minimum atomic E-state index is -1.11. The van der Waals surface area contributed by atoms with Crippen molar-refractivity contribution in [3.05, 3.63) is 17.7 Å². The maximum absolute atomic E-state index is 11.8. The molecule has 4 N–H and O–H groups in total. The van der Waals surface area contributed by atoms with E-state index in [2.05, 4.69) is 5.32 Å². The van der Waals surface area contributed by atoms with E-state index in [1.54, 1.807) is 26.2 Å². The van der Waals surface area contributed by atoms with Crippen LogP contribution in [0.25, 0.3) is 0 Å². The highest BCUT2D eigenvalue weighted by atomic mass is 16.7. The van der Waals surface area contributed by atoms with Gasteiger partial charge in [0.25, 0.3) is 0 Å². The van der Waals surface area contributed by atoms with Crippen molar-refractivity contribution in [3.63, 3.8) is 0 Å². The van der Waals surface area contributed by atoms with Crippen molar-refractivity contribution in [2.45, 2.75) is 31.8 Å². The topological polar surface area (TPSA) is 120 Å². The first-order valence-corrected chi connectivity index (χ1v) is 7.15. The van der Waals surface area contributed by atoms with E-state index in [1.165, 1.54) is 0 Å². The number of hydrogen-bond donors (Lipinski definition) is 3. The Morgan fingerprint density at radius 3 is 2.65 bits per heavy atom. The molecule has 0 aromatic heterocycles. The Bertz CT molecular complexity index is 604. The fraction of sp³-hybridized carbons (Fsp3) is 0.467. The zero-order chi connectivity index (χ0) is 17.0. The van der Waals surface area contributed by atoms with E-state index in [-0.39, 0.29) is 12.8 Å². The molecule has 1 amide bonds. The summed E-state index contributed by atoms with van der Waals surface area (Å²) < 4.78 is 15.9. The number of rotatable bonds is 7. The molecule has 2 unspecified atom stereocenters. The van der Waals surface area contributed by atoms with Crippen molar-refractivity contribution in [2.75, 3.05) is 13.9 Å². The molecule has 0 spiro atoms. The molecule has 2 atom stereocenters. The summed E-state index contributed by atoms with van der Waals surface area (Å²) in [4.78, 5) is 22.4. The van der Waals surface area contributed by atoms with Crippen molar-refractivity contribution in [2.24, 2.45) is 5.73 Å². The Hall–Kier alpha value is -2.48. The third-order valence-corrected chi connectivity index (χ3v) is 3.42. The Balaban J connectivity index is 2.01. The lowest BCUT2D eigenvalue weighted by Crippen LogP contribution is -2.46. The zero-order valence-electron chi connectivity index (χ0n) is 13.0. The predicted molar refractivity (Wildman–Crippen MR) is 80.7 cm³/mol. The standard InChI is InChI=1S/C15H20N2O6/c1-8(17-15(20)10(16)5-14(18)19)3-9-4-12-13(23-7-22-12)6-11(9)21-2/h4,6,8,10H,3,5,7,16H2,1-2H3,(H,17,20)(H,18,19). The van der Waals surface area contributed by atoms with Gasteiger partial charge in [-0.1, -0.05) is 0 Å². The van der Waals surface area contributed by atoms with Gasteiger partial charge < -0.3 is 30.4 Å². The van der Waals surface area contributed by atoms with E-state index in [9.17, 15) is 9.59 Å². The monoisotopic (exact) mass is 324 g/mol. The molecule has 2 rings (SSSR count). The maximum Gasteiger partial charge on any atom is 0.305 e. The molecule has 0 fully saturated rings. The van der Waals surface area contributed by atoms with Gasteiger partial charge in [0.15, 0.2) is 11.5 Å². The Labute approximate surface area is 133 Å². The van der Waals surface area contributed by atoms with Gasteiger partial charge in [0.05, 0.1) is 19.6 Å². The van der Waals surface area contributed by atoms with Crippen LogP contribution in [0.1, 0.15) is 18.9 Å². The lowest BCUT2D eigenvalue weighted by atomic mass is 10.0. The van der Waals surface area contributed by atoms with Crippen LogP contribution in [0.5, 0.6) is 17.2 Å². The molecule has 0 aliphatic carbocycles. The number of carboxylic acid groups (broad SMARTS) is 1. The molecule has 126 valence electrons. The normalized spacial score (nSPS) is 14.9. The Morgan fingerprint density at radius 1 is 1.39 bits per heavy atom. The number of hydrogen-bond acceptors (Lipinski definition) is 6. The summed E-state index contributed by atoms with van der Waals surface area (Å²) >= 11 is 0. The summed E-state index contributed by atoms with van der Waals surface area (Å²) in [5, 5.41) is 11.4.